The van der Waals surface area contributed by atoms with E-state index in [1.165, 1.54) is 18.4 Å². The fourth-order valence-electron chi connectivity index (χ4n) is 2.79. The smallest absolute Gasteiger partial charge is 0.223 e. The summed E-state index contributed by atoms with van der Waals surface area (Å²) in [5.74, 6) is 1.30. The monoisotopic (exact) mass is 339 g/mol. The molecule has 0 aliphatic rings. The van der Waals surface area contributed by atoms with Gasteiger partial charge in [0, 0.05) is 25.2 Å². The van der Waals surface area contributed by atoms with Gasteiger partial charge in [0.05, 0.1) is 18.4 Å². The Labute approximate surface area is 148 Å². The van der Waals surface area contributed by atoms with Crippen molar-refractivity contribution in [2.45, 2.75) is 46.2 Å². The number of aromatic nitrogens is 4. The van der Waals surface area contributed by atoms with Crippen LogP contribution >= 0.6 is 0 Å². The number of rotatable bonds is 8. The van der Waals surface area contributed by atoms with E-state index in [0.29, 0.717) is 18.3 Å². The Morgan fingerprint density at radius 1 is 1.12 bits per heavy atom. The summed E-state index contributed by atoms with van der Waals surface area (Å²) in [6, 6.07) is 8.65. The summed E-state index contributed by atoms with van der Waals surface area (Å²) in [6.45, 7) is 5.45. The van der Waals surface area contributed by atoms with Gasteiger partial charge in [-0.3, -0.25) is 4.90 Å². The van der Waals surface area contributed by atoms with Crippen LogP contribution in [0.1, 0.15) is 42.6 Å². The first-order valence-electron chi connectivity index (χ1n) is 8.74. The zero-order chi connectivity index (χ0) is 17.6. The Balaban J connectivity index is 1.59. The third-order valence-electron chi connectivity index (χ3n) is 4.09. The summed E-state index contributed by atoms with van der Waals surface area (Å²) in [6.07, 6.45) is 7.57. The fraction of sp³-hybridized carbons (Fsp3) is 0.421. The molecule has 0 atom stereocenters. The van der Waals surface area contributed by atoms with Gasteiger partial charge >= 0.3 is 0 Å². The second-order valence-corrected chi connectivity index (χ2v) is 6.47. The quantitative estimate of drug-likeness (QED) is 0.628. The van der Waals surface area contributed by atoms with Crippen LogP contribution in [0.4, 0.5) is 0 Å². The zero-order valence-electron chi connectivity index (χ0n) is 15.1. The summed E-state index contributed by atoms with van der Waals surface area (Å²) in [4.78, 5) is 6.37. The first-order chi connectivity index (χ1) is 12.1. The zero-order valence-corrected chi connectivity index (χ0v) is 15.1. The van der Waals surface area contributed by atoms with Gasteiger partial charge in [-0.2, -0.15) is 10.1 Å². The average Bonchev–Trinajstić information content (AvgIpc) is 3.22. The molecule has 1 aromatic carbocycles. The van der Waals surface area contributed by atoms with Crippen molar-refractivity contribution >= 4 is 0 Å². The van der Waals surface area contributed by atoms with Gasteiger partial charge in [0.1, 0.15) is 0 Å². The van der Waals surface area contributed by atoms with Gasteiger partial charge in [0.25, 0.3) is 0 Å². The van der Waals surface area contributed by atoms with E-state index in [-0.39, 0.29) is 0 Å². The minimum absolute atomic E-state index is 0.596. The number of benzene rings is 1. The number of hydrogen-bond acceptors (Lipinski definition) is 5. The summed E-state index contributed by atoms with van der Waals surface area (Å²) >= 11 is 0. The van der Waals surface area contributed by atoms with Gasteiger partial charge in [-0.05, 0) is 37.6 Å². The predicted octanol–water partition coefficient (Wildman–Crippen LogP) is 3.54. The minimum Gasteiger partial charge on any atom is -0.340 e. The Morgan fingerprint density at radius 2 is 1.92 bits per heavy atom. The first-order valence-corrected chi connectivity index (χ1v) is 8.74. The minimum atomic E-state index is 0.596. The van der Waals surface area contributed by atoms with Crippen molar-refractivity contribution in [2.75, 3.05) is 7.05 Å². The van der Waals surface area contributed by atoms with Crippen molar-refractivity contribution in [3.63, 3.8) is 0 Å². The summed E-state index contributed by atoms with van der Waals surface area (Å²) in [7, 11) is 2.03. The van der Waals surface area contributed by atoms with Crippen molar-refractivity contribution in [2.24, 2.45) is 0 Å². The van der Waals surface area contributed by atoms with E-state index >= 15 is 0 Å². The van der Waals surface area contributed by atoms with Gasteiger partial charge in [-0.15, -0.1) is 0 Å². The lowest BCUT2D eigenvalue weighted by Crippen LogP contribution is -2.17. The molecule has 0 N–H and O–H groups in total. The molecule has 0 amide bonds. The molecule has 25 heavy (non-hydrogen) atoms. The van der Waals surface area contributed by atoms with Crippen LogP contribution in [-0.2, 0) is 19.5 Å². The van der Waals surface area contributed by atoms with Crippen LogP contribution in [0.3, 0.4) is 0 Å². The van der Waals surface area contributed by atoms with Crippen LogP contribution in [0.25, 0.3) is 5.69 Å². The molecule has 0 unspecified atom stereocenters. The first kappa shape index (κ1) is 17.4. The summed E-state index contributed by atoms with van der Waals surface area (Å²) < 4.78 is 6.93. The molecule has 0 fully saturated rings. The Kier molecular flexibility index (Phi) is 5.60. The molecule has 2 aromatic heterocycles. The molecule has 0 saturated heterocycles. The maximum absolute atomic E-state index is 5.01. The Bertz CT molecular complexity index is 790. The van der Waals surface area contributed by atoms with Crippen molar-refractivity contribution in [1.29, 1.82) is 0 Å². The molecule has 0 aliphatic heterocycles. The molecule has 0 saturated carbocycles. The highest BCUT2D eigenvalue weighted by molar-refractivity contribution is 5.34. The fourth-order valence-corrected chi connectivity index (χ4v) is 2.79. The van der Waals surface area contributed by atoms with Crippen LogP contribution < -0.4 is 0 Å². The van der Waals surface area contributed by atoms with E-state index in [1.54, 1.807) is 6.92 Å². The van der Waals surface area contributed by atoms with E-state index in [0.717, 1.165) is 24.2 Å². The van der Waals surface area contributed by atoms with Crippen molar-refractivity contribution in [3.8, 4) is 5.69 Å². The van der Waals surface area contributed by atoms with Gasteiger partial charge < -0.3 is 4.52 Å². The van der Waals surface area contributed by atoms with E-state index in [9.17, 15) is 0 Å². The lowest BCUT2D eigenvalue weighted by Gasteiger charge is -2.12. The molecule has 6 nitrogen and oxygen atoms in total. The maximum Gasteiger partial charge on any atom is 0.223 e. The standard InChI is InChI=1S/C19H25N5O/c1-4-5-6-16-7-9-18(10-8-16)24-13-17(11-20-24)12-23(3)14-19-21-15(2)25-22-19/h7-11,13H,4-6,12,14H2,1-3H3. The predicted molar refractivity (Wildman–Crippen MR) is 96.4 cm³/mol. The van der Waals surface area contributed by atoms with Gasteiger partial charge in [0.2, 0.25) is 5.89 Å². The molecule has 0 bridgehead atoms. The molecule has 0 aliphatic carbocycles. The summed E-state index contributed by atoms with van der Waals surface area (Å²) in [5, 5.41) is 8.41. The van der Waals surface area contributed by atoms with Crippen LogP contribution in [0.5, 0.6) is 0 Å². The second-order valence-electron chi connectivity index (χ2n) is 6.47. The highest BCUT2D eigenvalue weighted by Gasteiger charge is 2.09. The van der Waals surface area contributed by atoms with E-state index in [2.05, 4.69) is 57.5 Å². The van der Waals surface area contributed by atoms with Crippen molar-refractivity contribution in [3.05, 3.63) is 59.5 Å². The van der Waals surface area contributed by atoms with Gasteiger partial charge in [-0.1, -0.05) is 30.6 Å². The SMILES string of the molecule is CCCCc1ccc(-n2cc(CN(C)Cc3noc(C)n3)cn2)cc1. The Morgan fingerprint density at radius 3 is 2.60 bits per heavy atom. The lowest BCUT2D eigenvalue weighted by molar-refractivity contribution is 0.300. The average molecular weight is 339 g/mol. The maximum atomic E-state index is 5.01. The van der Waals surface area contributed by atoms with Crippen molar-refractivity contribution < 1.29 is 4.52 Å². The van der Waals surface area contributed by atoms with Crippen molar-refractivity contribution in [1.82, 2.24) is 24.8 Å². The number of nitrogens with zero attached hydrogens (tertiary/aromatic N) is 5. The molecule has 6 heteroatoms. The van der Waals surface area contributed by atoms with Gasteiger partial charge in [0.15, 0.2) is 5.82 Å². The molecule has 2 heterocycles. The van der Waals surface area contributed by atoms with E-state index < -0.39 is 0 Å². The number of aryl methyl sites for hydroxylation is 2. The number of hydrogen-bond donors (Lipinski definition) is 0. The summed E-state index contributed by atoms with van der Waals surface area (Å²) in [5.41, 5.74) is 3.62. The normalized spacial score (nSPS) is 11.4. The lowest BCUT2D eigenvalue weighted by atomic mass is 10.1. The highest BCUT2D eigenvalue weighted by Crippen LogP contribution is 2.13. The van der Waals surface area contributed by atoms with Crippen LogP contribution in [0, 0.1) is 6.92 Å². The van der Waals surface area contributed by atoms with Crippen LogP contribution in [0.15, 0.2) is 41.2 Å². The number of unbranched alkanes of at least 4 members (excludes halogenated alkanes) is 1. The van der Waals surface area contributed by atoms with E-state index in [4.69, 9.17) is 4.52 Å². The van der Waals surface area contributed by atoms with Gasteiger partial charge in [-0.25, -0.2) is 4.68 Å². The molecule has 0 spiro atoms. The van der Waals surface area contributed by atoms with Crippen LogP contribution in [-0.4, -0.2) is 31.9 Å². The molecule has 0 radical (unpaired) electrons. The van der Waals surface area contributed by atoms with Crippen LogP contribution in [0.2, 0.25) is 0 Å². The molecular weight excluding hydrogens is 314 g/mol. The van der Waals surface area contributed by atoms with E-state index in [1.807, 2.05) is 17.9 Å². The largest absolute Gasteiger partial charge is 0.340 e. The third-order valence-corrected chi connectivity index (χ3v) is 4.09. The Hall–Kier alpha value is -2.47. The second kappa shape index (κ2) is 8.07. The topological polar surface area (TPSA) is 60.0 Å². The molecule has 3 rings (SSSR count). The molecule has 132 valence electrons. The third kappa shape index (κ3) is 4.76. The molecule has 3 aromatic rings. The highest BCUT2D eigenvalue weighted by atomic mass is 16.5. The molecular formula is C19H25N5O.